The van der Waals surface area contributed by atoms with Gasteiger partial charge in [-0.15, -0.1) is 0 Å². The highest BCUT2D eigenvalue weighted by Gasteiger charge is 2.27. The fourth-order valence-electron chi connectivity index (χ4n) is 1.88. The third-order valence-corrected chi connectivity index (χ3v) is 3.38. The molecule has 0 radical (unpaired) electrons. The van der Waals surface area contributed by atoms with Crippen molar-refractivity contribution in [2.24, 2.45) is 5.92 Å². The van der Waals surface area contributed by atoms with Gasteiger partial charge in [0.15, 0.2) is 0 Å². The molecule has 0 unspecified atom stereocenters. The quantitative estimate of drug-likeness (QED) is 0.819. The van der Waals surface area contributed by atoms with Gasteiger partial charge in [0.25, 0.3) is 0 Å². The molecule has 0 aliphatic heterocycles. The molecule has 0 aromatic heterocycles. The van der Waals surface area contributed by atoms with E-state index in [2.05, 4.69) is 10.1 Å². The Hall–Kier alpha value is -1.98. The second-order valence-corrected chi connectivity index (χ2v) is 4.83. The van der Waals surface area contributed by atoms with Crippen LogP contribution in [0.5, 0.6) is 0 Å². The van der Waals surface area contributed by atoms with E-state index < -0.39 is 36.0 Å². The van der Waals surface area contributed by atoms with Crippen molar-refractivity contribution in [2.45, 2.75) is 32.7 Å². The van der Waals surface area contributed by atoms with E-state index in [1.54, 1.807) is 6.92 Å². The highest BCUT2D eigenvalue weighted by molar-refractivity contribution is 5.85. The van der Waals surface area contributed by atoms with Gasteiger partial charge in [-0.25, -0.2) is 13.6 Å². The zero-order valence-electron chi connectivity index (χ0n) is 12.3. The molecule has 0 heterocycles. The Bertz CT molecular complexity index is 499. The van der Waals surface area contributed by atoms with E-state index >= 15 is 0 Å². The first-order chi connectivity index (χ1) is 9.90. The number of esters is 1. The first kappa shape index (κ1) is 17.1. The van der Waals surface area contributed by atoms with Crippen LogP contribution in [0.3, 0.4) is 0 Å². The van der Waals surface area contributed by atoms with Crippen molar-refractivity contribution in [1.82, 2.24) is 5.32 Å². The van der Waals surface area contributed by atoms with Crippen molar-refractivity contribution >= 4 is 11.9 Å². The van der Waals surface area contributed by atoms with Gasteiger partial charge in [0.1, 0.15) is 17.7 Å². The fraction of sp³-hybridized carbons (Fsp3) is 0.467. The minimum atomic E-state index is -0.831. The molecular weight excluding hydrogens is 280 g/mol. The molecule has 0 spiro atoms. The number of carbonyl (C=O) groups is 2. The van der Waals surface area contributed by atoms with Crippen LogP contribution in [-0.2, 0) is 20.7 Å². The summed E-state index contributed by atoms with van der Waals surface area (Å²) in [6.07, 6.45) is 0.177. The average Bonchev–Trinajstić information content (AvgIpc) is 2.47. The van der Waals surface area contributed by atoms with Gasteiger partial charge in [-0.3, -0.25) is 4.79 Å². The summed E-state index contributed by atoms with van der Waals surface area (Å²) in [7, 11) is 1.22. The Labute approximate surface area is 122 Å². The Balaban J connectivity index is 2.81. The first-order valence-electron chi connectivity index (χ1n) is 6.70. The van der Waals surface area contributed by atoms with Crippen LogP contribution in [-0.4, -0.2) is 25.0 Å². The second-order valence-electron chi connectivity index (χ2n) is 4.83. The summed E-state index contributed by atoms with van der Waals surface area (Å²) in [6, 6.07) is 2.56. The predicted octanol–water partition coefficient (Wildman–Crippen LogP) is 2.21. The summed E-state index contributed by atoms with van der Waals surface area (Å²) in [4.78, 5) is 23.6. The summed E-state index contributed by atoms with van der Waals surface area (Å²) in [5.41, 5.74) is -0.317. The van der Waals surface area contributed by atoms with Gasteiger partial charge in [0, 0.05) is 5.56 Å². The topological polar surface area (TPSA) is 55.4 Å². The van der Waals surface area contributed by atoms with Gasteiger partial charge in [-0.2, -0.15) is 0 Å². The van der Waals surface area contributed by atoms with E-state index in [0.29, 0.717) is 6.42 Å². The number of hydrogen-bond acceptors (Lipinski definition) is 3. The lowest BCUT2D eigenvalue weighted by Gasteiger charge is -2.21. The predicted molar refractivity (Wildman–Crippen MR) is 73.5 cm³/mol. The maximum Gasteiger partial charge on any atom is 0.328 e. The molecule has 0 aliphatic rings. The number of methoxy groups -OCH3 is 1. The highest BCUT2D eigenvalue weighted by atomic mass is 19.1. The Morgan fingerprint density at radius 3 is 2.33 bits per heavy atom. The number of nitrogens with one attached hydrogen (secondary N) is 1. The van der Waals surface area contributed by atoms with Gasteiger partial charge in [-0.1, -0.05) is 26.3 Å². The molecule has 0 bridgehead atoms. The Kier molecular flexibility index (Phi) is 6.27. The number of rotatable bonds is 6. The summed E-state index contributed by atoms with van der Waals surface area (Å²) in [5.74, 6) is -2.93. The molecule has 0 saturated carbocycles. The largest absolute Gasteiger partial charge is 0.467 e. The zero-order chi connectivity index (χ0) is 16.0. The van der Waals surface area contributed by atoms with Crippen LogP contribution in [0.2, 0.25) is 0 Å². The van der Waals surface area contributed by atoms with Crippen molar-refractivity contribution < 1.29 is 23.1 Å². The summed E-state index contributed by atoms with van der Waals surface area (Å²) in [5, 5.41) is 2.47. The molecule has 0 saturated heterocycles. The van der Waals surface area contributed by atoms with Gasteiger partial charge in [0.2, 0.25) is 5.91 Å². The van der Waals surface area contributed by atoms with Gasteiger partial charge in [-0.05, 0) is 18.1 Å². The normalized spacial score (nSPS) is 13.4. The van der Waals surface area contributed by atoms with E-state index in [9.17, 15) is 18.4 Å². The lowest BCUT2D eigenvalue weighted by molar-refractivity contribution is -0.146. The molecule has 21 heavy (non-hydrogen) atoms. The standard InChI is InChI=1S/C15H19F2NO3/c1-4-9(2)14(15(20)21-3)18-13(19)8-10-11(16)6-5-7-12(10)17/h5-7,9,14H,4,8H2,1-3H3,(H,18,19)/t9-,14+/m0/s1. The van der Waals surface area contributed by atoms with Crippen molar-refractivity contribution in [3.8, 4) is 0 Å². The molecule has 4 nitrogen and oxygen atoms in total. The number of hydrogen-bond donors (Lipinski definition) is 1. The van der Waals surface area contributed by atoms with Crippen LogP contribution in [0, 0.1) is 17.6 Å². The molecule has 1 rings (SSSR count). The molecule has 2 atom stereocenters. The number of benzene rings is 1. The van der Waals surface area contributed by atoms with Crippen molar-refractivity contribution in [2.75, 3.05) is 7.11 Å². The number of halogens is 2. The lowest BCUT2D eigenvalue weighted by atomic mass is 9.98. The van der Waals surface area contributed by atoms with Crippen LogP contribution < -0.4 is 5.32 Å². The van der Waals surface area contributed by atoms with Crippen molar-refractivity contribution in [1.29, 1.82) is 0 Å². The first-order valence-corrected chi connectivity index (χ1v) is 6.70. The van der Waals surface area contributed by atoms with Crippen LogP contribution in [0.4, 0.5) is 8.78 Å². The molecule has 1 amide bonds. The SMILES string of the molecule is CC[C@H](C)[C@@H](NC(=O)Cc1c(F)cccc1F)C(=O)OC. The smallest absolute Gasteiger partial charge is 0.328 e. The van der Waals surface area contributed by atoms with Crippen molar-refractivity contribution in [3.63, 3.8) is 0 Å². The number of ether oxygens (including phenoxy) is 1. The van der Waals surface area contributed by atoms with Crippen LogP contribution in [0.1, 0.15) is 25.8 Å². The second kappa shape index (κ2) is 7.71. The zero-order valence-corrected chi connectivity index (χ0v) is 12.3. The van der Waals surface area contributed by atoms with Crippen LogP contribution in [0.15, 0.2) is 18.2 Å². The number of carbonyl (C=O) groups excluding carboxylic acids is 2. The molecule has 6 heteroatoms. The average molecular weight is 299 g/mol. The molecule has 1 aromatic carbocycles. The van der Waals surface area contributed by atoms with Gasteiger partial charge < -0.3 is 10.1 Å². The summed E-state index contributed by atoms with van der Waals surface area (Å²) >= 11 is 0. The van der Waals surface area contributed by atoms with Crippen LogP contribution in [0.25, 0.3) is 0 Å². The third kappa shape index (κ3) is 4.51. The van der Waals surface area contributed by atoms with Crippen LogP contribution >= 0.6 is 0 Å². The Morgan fingerprint density at radius 2 is 1.86 bits per heavy atom. The third-order valence-electron chi connectivity index (χ3n) is 3.38. The minimum absolute atomic E-state index is 0.146. The van der Waals surface area contributed by atoms with E-state index in [4.69, 9.17) is 0 Å². The molecule has 1 aromatic rings. The van der Waals surface area contributed by atoms with Crippen molar-refractivity contribution in [3.05, 3.63) is 35.4 Å². The maximum atomic E-state index is 13.5. The summed E-state index contributed by atoms with van der Waals surface area (Å²) < 4.78 is 31.6. The maximum absolute atomic E-state index is 13.5. The Morgan fingerprint density at radius 1 is 1.29 bits per heavy atom. The number of amides is 1. The molecule has 116 valence electrons. The monoisotopic (exact) mass is 299 g/mol. The molecule has 0 fully saturated rings. The highest BCUT2D eigenvalue weighted by Crippen LogP contribution is 2.14. The lowest BCUT2D eigenvalue weighted by Crippen LogP contribution is -2.46. The van der Waals surface area contributed by atoms with E-state index in [-0.39, 0.29) is 11.5 Å². The molecule has 0 aliphatic carbocycles. The molecular formula is C15H19F2NO3. The fourth-order valence-corrected chi connectivity index (χ4v) is 1.88. The van der Waals surface area contributed by atoms with E-state index in [0.717, 1.165) is 12.1 Å². The van der Waals surface area contributed by atoms with Gasteiger partial charge >= 0.3 is 5.97 Å². The summed E-state index contributed by atoms with van der Waals surface area (Å²) in [6.45, 7) is 3.65. The van der Waals surface area contributed by atoms with Gasteiger partial charge in [0.05, 0.1) is 13.5 Å². The van der Waals surface area contributed by atoms with E-state index in [1.165, 1.54) is 13.2 Å². The van der Waals surface area contributed by atoms with E-state index in [1.807, 2.05) is 6.92 Å². The minimum Gasteiger partial charge on any atom is -0.467 e. The molecule has 1 N–H and O–H groups in total.